The van der Waals surface area contributed by atoms with Crippen molar-refractivity contribution in [2.75, 3.05) is 6.61 Å². The largest absolute Gasteiger partial charge is 0.454 e. The Morgan fingerprint density at radius 1 is 1.27 bits per heavy atom. The summed E-state index contributed by atoms with van der Waals surface area (Å²) in [4.78, 5) is 23.2. The van der Waals surface area contributed by atoms with E-state index in [9.17, 15) is 22.8 Å². The second-order valence-corrected chi connectivity index (χ2v) is 4.24. The van der Waals surface area contributed by atoms with E-state index in [-0.39, 0.29) is 16.8 Å². The van der Waals surface area contributed by atoms with Gasteiger partial charge in [0.2, 0.25) is 5.78 Å². The number of esters is 1. The van der Waals surface area contributed by atoms with E-state index in [1.807, 2.05) is 0 Å². The van der Waals surface area contributed by atoms with Gasteiger partial charge in [0, 0.05) is 5.70 Å². The molecule has 0 aliphatic carbocycles. The Kier molecular flexibility index (Phi) is 5.29. The fourth-order valence-electron chi connectivity index (χ4n) is 1.45. The van der Waals surface area contributed by atoms with Gasteiger partial charge in [0.25, 0.3) is 0 Å². The van der Waals surface area contributed by atoms with Crippen LogP contribution in [-0.2, 0) is 15.7 Å². The first-order valence-corrected chi connectivity index (χ1v) is 5.91. The normalized spacial score (nSPS) is 12.1. The van der Waals surface area contributed by atoms with Crippen molar-refractivity contribution in [2.45, 2.75) is 13.1 Å². The number of allylic oxidation sites excluding steroid dienone is 1. The van der Waals surface area contributed by atoms with Crippen LogP contribution >= 0.6 is 0 Å². The van der Waals surface area contributed by atoms with Gasteiger partial charge in [-0.25, -0.2) is 4.79 Å². The van der Waals surface area contributed by atoms with E-state index >= 15 is 0 Å². The summed E-state index contributed by atoms with van der Waals surface area (Å²) in [6.07, 6.45) is -4.51. The van der Waals surface area contributed by atoms with E-state index in [0.29, 0.717) is 0 Å². The van der Waals surface area contributed by atoms with Gasteiger partial charge in [-0.2, -0.15) is 18.4 Å². The van der Waals surface area contributed by atoms with Gasteiger partial charge in [0.15, 0.2) is 6.61 Å². The maximum atomic E-state index is 12.4. The zero-order chi connectivity index (χ0) is 16.9. The molecular weight excluding hydrogens is 301 g/mol. The highest BCUT2D eigenvalue weighted by Gasteiger charge is 2.30. The lowest BCUT2D eigenvalue weighted by molar-refractivity contribution is -0.137. The van der Waals surface area contributed by atoms with Crippen LogP contribution in [0.15, 0.2) is 35.5 Å². The van der Waals surface area contributed by atoms with Crippen LogP contribution < -0.4 is 5.73 Å². The first-order chi connectivity index (χ1) is 10.2. The van der Waals surface area contributed by atoms with E-state index in [1.54, 1.807) is 6.07 Å². The summed E-state index contributed by atoms with van der Waals surface area (Å²) in [5.74, 6) is -1.77. The fourth-order valence-corrected chi connectivity index (χ4v) is 1.45. The van der Waals surface area contributed by atoms with Gasteiger partial charge in [-0.15, -0.1) is 0 Å². The Morgan fingerprint density at radius 2 is 1.82 bits per heavy atom. The lowest BCUT2D eigenvalue weighted by Crippen LogP contribution is -2.17. The van der Waals surface area contributed by atoms with Gasteiger partial charge < -0.3 is 10.5 Å². The first-order valence-electron chi connectivity index (χ1n) is 5.91. The van der Waals surface area contributed by atoms with Crippen LogP contribution in [0.5, 0.6) is 0 Å². The molecule has 0 aromatic heterocycles. The number of nitrogens with zero attached hydrogens (tertiary/aromatic N) is 1. The highest BCUT2D eigenvalue weighted by Crippen LogP contribution is 2.29. The van der Waals surface area contributed by atoms with Gasteiger partial charge in [0.1, 0.15) is 11.6 Å². The van der Waals surface area contributed by atoms with E-state index in [1.165, 1.54) is 6.92 Å². The number of ether oxygens (including phenoxy) is 1. The monoisotopic (exact) mass is 312 g/mol. The third-order valence-corrected chi connectivity index (χ3v) is 2.57. The van der Waals surface area contributed by atoms with Crippen molar-refractivity contribution in [1.82, 2.24) is 0 Å². The molecule has 0 aliphatic rings. The SMILES string of the molecule is C/C(N)=C(/C#N)C(=O)COC(=O)c1ccc(C(F)(F)F)cc1. The molecule has 0 spiro atoms. The third kappa shape index (κ3) is 4.34. The number of benzene rings is 1. The second-order valence-electron chi connectivity index (χ2n) is 4.24. The molecule has 0 aliphatic heterocycles. The van der Waals surface area contributed by atoms with Crippen molar-refractivity contribution in [3.63, 3.8) is 0 Å². The van der Waals surface area contributed by atoms with Crippen molar-refractivity contribution in [3.8, 4) is 6.07 Å². The number of carbonyl (C=O) groups is 2. The predicted molar refractivity (Wildman–Crippen MR) is 69.2 cm³/mol. The number of hydrogen-bond donors (Lipinski definition) is 1. The molecule has 0 saturated carbocycles. The topological polar surface area (TPSA) is 93.2 Å². The predicted octanol–water partition coefficient (Wildman–Crippen LogP) is 2.19. The van der Waals surface area contributed by atoms with Gasteiger partial charge in [0.05, 0.1) is 11.1 Å². The summed E-state index contributed by atoms with van der Waals surface area (Å²) < 4.78 is 41.7. The smallest absolute Gasteiger partial charge is 0.416 e. The number of hydrogen-bond acceptors (Lipinski definition) is 5. The summed E-state index contributed by atoms with van der Waals surface area (Å²) >= 11 is 0. The fraction of sp³-hybridized carbons (Fsp3) is 0.214. The number of alkyl halides is 3. The molecule has 0 saturated heterocycles. The molecule has 0 amide bonds. The number of halogens is 3. The van der Waals surface area contributed by atoms with Crippen molar-refractivity contribution < 1.29 is 27.5 Å². The van der Waals surface area contributed by atoms with Crippen LogP contribution in [0, 0.1) is 11.3 Å². The Hall–Kier alpha value is -2.82. The molecule has 0 atom stereocenters. The van der Waals surface area contributed by atoms with Gasteiger partial charge in [-0.05, 0) is 31.2 Å². The molecule has 0 heterocycles. The van der Waals surface area contributed by atoms with Crippen LogP contribution in [0.25, 0.3) is 0 Å². The molecule has 1 aromatic carbocycles. The standard InChI is InChI=1S/C14H11F3N2O3/c1-8(19)11(6-18)12(20)7-22-13(21)9-2-4-10(5-3-9)14(15,16)17/h2-5H,7,19H2,1H3/b11-8+. The lowest BCUT2D eigenvalue weighted by atomic mass is 10.1. The van der Waals surface area contributed by atoms with Crippen LogP contribution in [0.2, 0.25) is 0 Å². The molecule has 2 N–H and O–H groups in total. The molecule has 5 nitrogen and oxygen atoms in total. The Labute approximate surface area is 123 Å². The molecule has 116 valence electrons. The summed E-state index contributed by atoms with van der Waals surface area (Å²) in [5, 5.41) is 8.70. The first kappa shape index (κ1) is 17.2. The maximum absolute atomic E-state index is 12.4. The number of nitriles is 1. The van der Waals surface area contributed by atoms with Crippen molar-refractivity contribution in [1.29, 1.82) is 5.26 Å². The van der Waals surface area contributed by atoms with Gasteiger partial charge >= 0.3 is 12.1 Å². The van der Waals surface area contributed by atoms with Crippen LogP contribution in [0.1, 0.15) is 22.8 Å². The summed E-state index contributed by atoms with van der Waals surface area (Å²) in [6.45, 7) is 0.616. The molecule has 1 aromatic rings. The summed E-state index contributed by atoms with van der Waals surface area (Å²) in [5.41, 5.74) is 3.91. The average molecular weight is 312 g/mol. The summed E-state index contributed by atoms with van der Waals surface area (Å²) in [7, 11) is 0. The Bertz CT molecular complexity index is 651. The Balaban J connectivity index is 2.73. The quantitative estimate of drug-likeness (QED) is 0.522. The molecule has 0 bridgehead atoms. The van der Waals surface area contributed by atoms with E-state index in [2.05, 4.69) is 4.74 Å². The number of carbonyl (C=O) groups excluding carboxylic acids is 2. The highest BCUT2D eigenvalue weighted by molar-refractivity contribution is 6.02. The molecule has 0 fully saturated rings. The van der Waals surface area contributed by atoms with Crippen LogP contribution in [0.4, 0.5) is 13.2 Å². The lowest BCUT2D eigenvalue weighted by Gasteiger charge is -2.07. The van der Waals surface area contributed by atoms with Crippen LogP contribution in [0.3, 0.4) is 0 Å². The van der Waals surface area contributed by atoms with E-state index < -0.39 is 30.1 Å². The highest BCUT2D eigenvalue weighted by atomic mass is 19.4. The second kappa shape index (κ2) is 6.76. The molecule has 0 unspecified atom stereocenters. The number of ketones is 1. The van der Waals surface area contributed by atoms with Crippen molar-refractivity contribution in [3.05, 3.63) is 46.7 Å². The zero-order valence-corrected chi connectivity index (χ0v) is 11.4. The number of rotatable bonds is 4. The summed E-state index contributed by atoms with van der Waals surface area (Å²) in [6, 6.07) is 4.90. The van der Waals surface area contributed by atoms with Crippen LogP contribution in [-0.4, -0.2) is 18.4 Å². The number of nitrogens with two attached hydrogens (primary N) is 1. The van der Waals surface area contributed by atoms with Gasteiger partial charge in [-0.3, -0.25) is 4.79 Å². The van der Waals surface area contributed by atoms with Crippen molar-refractivity contribution >= 4 is 11.8 Å². The minimum Gasteiger partial charge on any atom is -0.454 e. The third-order valence-electron chi connectivity index (χ3n) is 2.57. The van der Waals surface area contributed by atoms with E-state index in [4.69, 9.17) is 11.0 Å². The Morgan fingerprint density at radius 3 is 2.23 bits per heavy atom. The minimum absolute atomic E-state index is 0.0157. The zero-order valence-electron chi connectivity index (χ0n) is 11.4. The molecular formula is C14H11F3N2O3. The molecule has 22 heavy (non-hydrogen) atoms. The van der Waals surface area contributed by atoms with Crippen molar-refractivity contribution in [2.24, 2.45) is 5.73 Å². The maximum Gasteiger partial charge on any atom is 0.416 e. The molecule has 1 rings (SSSR count). The van der Waals surface area contributed by atoms with Gasteiger partial charge in [-0.1, -0.05) is 0 Å². The molecule has 8 heteroatoms. The molecule has 0 radical (unpaired) electrons. The van der Waals surface area contributed by atoms with E-state index in [0.717, 1.165) is 24.3 Å². The number of Topliss-reactive ketones (excluding diaryl/α,β-unsaturated/α-hetero) is 1. The minimum atomic E-state index is -4.51. The average Bonchev–Trinajstić information content (AvgIpc) is 2.44.